The molecule has 8 heteroatoms. The Bertz CT molecular complexity index is 510. The molecule has 0 aromatic heterocycles. The van der Waals surface area contributed by atoms with Crippen molar-refractivity contribution in [2.45, 2.75) is 18.7 Å². The van der Waals surface area contributed by atoms with Crippen LogP contribution in [0.1, 0.15) is 6.42 Å². The van der Waals surface area contributed by atoms with Gasteiger partial charge in [0.2, 0.25) is 0 Å². The van der Waals surface area contributed by atoms with Gasteiger partial charge in [-0.3, -0.25) is 9.80 Å². The van der Waals surface area contributed by atoms with Crippen LogP contribution in [0.15, 0.2) is 30.3 Å². The molecule has 1 aromatic rings. The van der Waals surface area contributed by atoms with E-state index in [9.17, 15) is 18.0 Å². The maximum Gasteiger partial charge on any atom is 0.414 e. The summed E-state index contributed by atoms with van der Waals surface area (Å²) in [4.78, 5) is 14.4. The molecule has 1 atom stereocenters. The summed E-state index contributed by atoms with van der Waals surface area (Å²) in [5.41, 5.74) is 0.651. The summed E-state index contributed by atoms with van der Waals surface area (Å²) in [6.45, 7) is -0.998. The van der Waals surface area contributed by atoms with E-state index in [1.54, 1.807) is 24.3 Å². The van der Waals surface area contributed by atoms with Crippen LogP contribution in [0.25, 0.3) is 0 Å². The molecule has 1 N–H and O–H groups in total. The number of nitrogens with zero attached hydrogens (tertiary/aromatic N) is 2. The van der Waals surface area contributed by atoms with Crippen molar-refractivity contribution < 1.29 is 27.8 Å². The summed E-state index contributed by atoms with van der Waals surface area (Å²) < 4.78 is 43.0. The third-order valence-electron chi connectivity index (χ3n) is 3.44. The van der Waals surface area contributed by atoms with Gasteiger partial charge in [-0.05, 0) is 18.6 Å². The quantitative estimate of drug-likeness (QED) is 0.832. The zero-order valence-electron chi connectivity index (χ0n) is 12.5. The molecule has 5 nitrogen and oxygen atoms in total. The molecule has 0 saturated carbocycles. The average molecular weight is 332 g/mol. The predicted octanol–water partition coefficient (Wildman–Crippen LogP) is 2.26. The maximum atomic E-state index is 12.6. The van der Waals surface area contributed by atoms with E-state index >= 15 is 0 Å². The van der Waals surface area contributed by atoms with E-state index in [0.717, 1.165) is 4.90 Å². The number of carbonyl (C=O) groups excluding carboxylic acids is 1. The molecule has 2 rings (SSSR count). The minimum atomic E-state index is -4.34. The molecule has 0 radical (unpaired) electrons. The number of aliphatic hydroxyl groups is 1. The van der Waals surface area contributed by atoms with E-state index in [0.29, 0.717) is 5.69 Å². The van der Waals surface area contributed by atoms with Gasteiger partial charge in [-0.2, -0.15) is 13.2 Å². The highest BCUT2D eigenvalue weighted by Gasteiger charge is 2.36. The van der Waals surface area contributed by atoms with Crippen molar-refractivity contribution in [2.75, 3.05) is 37.7 Å². The number of benzene rings is 1. The number of carbonyl (C=O) groups is 1. The van der Waals surface area contributed by atoms with Crippen molar-refractivity contribution in [3.05, 3.63) is 30.3 Å². The Kier molecular flexibility index (Phi) is 5.84. The Hall–Kier alpha value is -1.80. The van der Waals surface area contributed by atoms with Crippen molar-refractivity contribution in [1.82, 2.24) is 4.90 Å². The summed E-state index contributed by atoms with van der Waals surface area (Å²) in [7, 11) is 0. The van der Waals surface area contributed by atoms with Crippen molar-refractivity contribution in [1.29, 1.82) is 0 Å². The lowest BCUT2D eigenvalue weighted by Gasteiger charge is -2.25. The Morgan fingerprint density at radius 2 is 2.00 bits per heavy atom. The van der Waals surface area contributed by atoms with Gasteiger partial charge in [0.05, 0.1) is 13.1 Å². The molecule has 1 aliphatic heterocycles. The van der Waals surface area contributed by atoms with Gasteiger partial charge in [0.25, 0.3) is 0 Å². The van der Waals surface area contributed by atoms with Crippen LogP contribution >= 0.6 is 0 Å². The van der Waals surface area contributed by atoms with Crippen LogP contribution in [-0.4, -0.2) is 61.2 Å². The Morgan fingerprint density at radius 1 is 1.30 bits per heavy atom. The van der Waals surface area contributed by atoms with Crippen LogP contribution < -0.4 is 4.90 Å². The first-order chi connectivity index (χ1) is 10.9. The summed E-state index contributed by atoms with van der Waals surface area (Å²) in [6, 6.07) is 8.83. The van der Waals surface area contributed by atoms with E-state index in [1.807, 2.05) is 6.07 Å². The van der Waals surface area contributed by atoms with Crippen molar-refractivity contribution in [3.63, 3.8) is 0 Å². The second-order valence-electron chi connectivity index (χ2n) is 5.38. The van der Waals surface area contributed by atoms with Gasteiger partial charge < -0.3 is 9.84 Å². The normalized spacial score (nSPS) is 18.6. The van der Waals surface area contributed by atoms with Crippen LogP contribution in [-0.2, 0) is 4.74 Å². The average Bonchev–Trinajstić information content (AvgIpc) is 2.85. The number of para-hydroxylation sites is 1. The number of hydrogen-bond acceptors (Lipinski definition) is 4. The van der Waals surface area contributed by atoms with E-state index in [2.05, 4.69) is 0 Å². The van der Waals surface area contributed by atoms with Crippen LogP contribution in [0.5, 0.6) is 0 Å². The summed E-state index contributed by atoms with van der Waals surface area (Å²) in [6.07, 6.45) is -5.30. The van der Waals surface area contributed by atoms with Gasteiger partial charge in [0.1, 0.15) is 6.10 Å². The number of rotatable bonds is 7. The van der Waals surface area contributed by atoms with Gasteiger partial charge in [-0.25, -0.2) is 4.79 Å². The third-order valence-corrected chi connectivity index (χ3v) is 3.44. The fraction of sp³-hybridized carbons (Fsp3) is 0.533. The number of cyclic esters (lactones) is 1. The van der Waals surface area contributed by atoms with Crippen molar-refractivity contribution >= 4 is 11.8 Å². The highest BCUT2D eigenvalue weighted by Crippen LogP contribution is 2.23. The second kappa shape index (κ2) is 7.65. The SMILES string of the molecule is O=C1OC(CN(CCCO)CC(F)(F)F)CN1c1ccccc1. The van der Waals surface area contributed by atoms with E-state index in [-0.39, 0.29) is 32.7 Å². The zero-order valence-corrected chi connectivity index (χ0v) is 12.5. The largest absolute Gasteiger partial charge is 0.443 e. The molecule has 1 aliphatic rings. The Labute approximate surface area is 132 Å². The number of amides is 1. The number of halogens is 3. The molecule has 1 heterocycles. The molecule has 1 aromatic carbocycles. The third kappa shape index (κ3) is 5.40. The van der Waals surface area contributed by atoms with Crippen LogP contribution in [0.3, 0.4) is 0 Å². The van der Waals surface area contributed by atoms with Crippen molar-refractivity contribution in [2.24, 2.45) is 0 Å². The lowest BCUT2D eigenvalue weighted by Crippen LogP contribution is -2.41. The fourth-order valence-electron chi connectivity index (χ4n) is 2.51. The topological polar surface area (TPSA) is 53.0 Å². The van der Waals surface area contributed by atoms with Gasteiger partial charge in [0, 0.05) is 25.4 Å². The Morgan fingerprint density at radius 3 is 2.61 bits per heavy atom. The van der Waals surface area contributed by atoms with E-state index in [1.165, 1.54) is 4.90 Å². The minimum Gasteiger partial charge on any atom is -0.443 e. The first-order valence-corrected chi connectivity index (χ1v) is 7.32. The highest BCUT2D eigenvalue weighted by molar-refractivity contribution is 5.89. The smallest absolute Gasteiger partial charge is 0.414 e. The highest BCUT2D eigenvalue weighted by atomic mass is 19.4. The minimum absolute atomic E-state index is 0.0193. The molecular formula is C15H19F3N2O3. The zero-order chi connectivity index (χ0) is 16.9. The lowest BCUT2D eigenvalue weighted by atomic mass is 10.2. The molecule has 1 amide bonds. The summed E-state index contributed by atoms with van der Waals surface area (Å²) >= 11 is 0. The molecule has 1 unspecified atom stereocenters. The molecule has 1 saturated heterocycles. The van der Waals surface area contributed by atoms with Crippen LogP contribution in [0.4, 0.5) is 23.7 Å². The second-order valence-corrected chi connectivity index (χ2v) is 5.38. The number of ether oxygens (including phenoxy) is 1. The summed E-state index contributed by atoms with van der Waals surface area (Å²) in [5.74, 6) is 0. The van der Waals surface area contributed by atoms with Gasteiger partial charge in [0.15, 0.2) is 0 Å². The predicted molar refractivity (Wildman–Crippen MR) is 78.3 cm³/mol. The maximum absolute atomic E-state index is 12.6. The number of aliphatic hydroxyl groups excluding tert-OH is 1. The van der Waals surface area contributed by atoms with Gasteiger partial charge >= 0.3 is 12.3 Å². The molecule has 0 spiro atoms. The molecule has 0 bridgehead atoms. The van der Waals surface area contributed by atoms with E-state index < -0.39 is 24.9 Å². The van der Waals surface area contributed by atoms with Crippen molar-refractivity contribution in [3.8, 4) is 0 Å². The molecule has 1 fully saturated rings. The van der Waals surface area contributed by atoms with Gasteiger partial charge in [-0.15, -0.1) is 0 Å². The first-order valence-electron chi connectivity index (χ1n) is 7.32. The van der Waals surface area contributed by atoms with E-state index in [4.69, 9.17) is 9.84 Å². The Balaban J connectivity index is 1.97. The molecule has 0 aliphatic carbocycles. The van der Waals surface area contributed by atoms with Gasteiger partial charge in [-0.1, -0.05) is 18.2 Å². The number of anilines is 1. The number of alkyl halides is 3. The summed E-state index contributed by atoms with van der Waals surface area (Å²) in [5, 5.41) is 8.81. The monoisotopic (exact) mass is 332 g/mol. The lowest BCUT2D eigenvalue weighted by molar-refractivity contribution is -0.148. The molecular weight excluding hydrogens is 313 g/mol. The molecule has 128 valence electrons. The van der Waals surface area contributed by atoms with Crippen LogP contribution in [0.2, 0.25) is 0 Å². The van der Waals surface area contributed by atoms with Crippen LogP contribution in [0, 0.1) is 0 Å². The fourth-order valence-corrected chi connectivity index (χ4v) is 2.51. The number of hydrogen-bond donors (Lipinski definition) is 1. The standard InChI is InChI=1S/C15H19F3N2O3/c16-15(17,18)11-19(7-4-8-21)9-13-10-20(14(22)23-13)12-5-2-1-3-6-12/h1-3,5-6,13,21H,4,7-11H2. The first kappa shape index (κ1) is 17.6. The molecule has 23 heavy (non-hydrogen) atoms.